The van der Waals surface area contributed by atoms with E-state index in [-0.39, 0.29) is 26.8 Å². The number of ketones is 1. The molecule has 33 heavy (non-hydrogen) atoms. The van der Waals surface area contributed by atoms with Crippen molar-refractivity contribution in [1.82, 2.24) is 4.31 Å². The Morgan fingerprint density at radius 2 is 1.70 bits per heavy atom. The highest BCUT2D eigenvalue weighted by Crippen LogP contribution is 2.29. The lowest BCUT2D eigenvalue weighted by Gasteiger charge is -2.26. The molecule has 1 atom stereocenters. The maximum atomic E-state index is 13.0. The van der Waals surface area contributed by atoms with Crippen molar-refractivity contribution < 1.29 is 32.2 Å². The summed E-state index contributed by atoms with van der Waals surface area (Å²) in [5.74, 6) is -0.520. The molecule has 0 spiro atoms. The SMILES string of the molecule is COc1ccc(C(=O)[C@@H](C)OC(=O)c2ccc(Cl)c(S(=O)(=O)N3CCCCC3)c2)c(OC)c1. The molecule has 2 aromatic carbocycles. The zero-order valence-corrected chi connectivity index (χ0v) is 20.2. The normalized spacial score (nSPS) is 15.5. The first kappa shape index (κ1) is 25.0. The highest BCUT2D eigenvalue weighted by Gasteiger charge is 2.30. The van der Waals surface area contributed by atoms with Gasteiger partial charge in [0.1, 0.15) is 16.4 Å². The second kappa shape index (κ2) is 10.5. The van der Waals surface area contributed by atoms with Crippen LogP contribution in [0.2, 0.25) is 5.02 Å². The number of halogens is 1. The molecular formula is C23H26ClNO7S. The number of hydrogen-bond donors (Lipinski definition) is 0. The van der Waals surface area contributed by atoms with E-state index in [1.54, 1.807) is 12.1 Å². The van der Waals surface area contributed by atoms with Crippen molar-refractivity contribution in [1.29, 1.82) is 0 Å². The van der Waals surface area contributed by atoms with Gasteiger partial charge in [0.25, 0.3) is 0 Å². The number of Topliss-reactive ketones (excluding diaryl/α,β-unsaturated/α-hetero) is 1. The summed E-state index contributed by atoms with van der Waals surface area (Å²) in [4.78, 5) is 25.4. The minimum absolute atomic E-state index is 0.0173. The molecule has 178 valence electrons. The van der Waals surface area contributed by atoms with Crippen LogP contribution >= 0.6 is 11.6 Å². The Balaban J connectivity index is 1.80. The molecule has 1 saturated heterocycles. The van der Waals surface area contributed by atoms with E-state index in [1.165, 1.54) is 49.7 Å². The van der Waals surface area contributed by atoms with Crippen LogP contribution in [0.4, 0.5) is 0 Å². The molecule has 0 radical (unpaired) electrons. The van der Waals surface area contributed by atoms with Crippen LogP contribution in [-0.2, 0) is 14.8 Å². The van der Waals surface area contributed by atoms with E-state index in [1.807, 2.05) is 0 Å². The molecule has 1 fully saturated rings. The standard InChI is InChI=1S/C23H26ClNO7S/c1-15(22(26)18-9-8-17(30-2)14-20(18)31-3)32-23(27)16-7-10-19(24)21(13-16)33(28,29)25-11-5-4-6-12-25/h7-10,13-15H,4-6,11-12H2,1-3H3/t15-/m1/s1. The number of rotatable bonds is 8. The summed E-state index contributed by atoms with van der Waals surface area (Å²) in [6, 6.07) is 8.58. The molecule has 10 heteroatoms. The zero-order valence-electron chi connectivity index (χ0n) is 18.7. The molecule has 1 aliphatic heterocycles. The monoisotopic (exact) mass is 495 g/mol. The fraction of sp³-hybridized carbons (Fsp3) is 0.391. The zero-order chi connectivity index (χ0) is 24.2. The Labute approximate surface area is 198 Å². The maximum Gasteiger partial charge on any atom is 0.338 e. The summed E-state index contributed by atoms with van der Waals surface area (Å²) in [5, 5.41) is 0.0178. The van der Waals surface area contributed by atoms with Gasteiger partial charge in [0, 0.05) is 19.2 Å². The molecule has 8 nitrogen and oxygen atoms in total. The van der Waals surface area contributed by atoms with Gasteiger partial charge < -0.3 is 14.2 Å². The molecule has 0 aliphatic carbocycles. The lowest BCUT2D eigenvalue weighted by molar-refractivity contribution is 0.0317. The molecule has 1 heterocycles. The summed E-state index contributed by atoms with van der Waals surface area (Å²) >= 11 is 6.16. The molecule has 2 aromatic rings. The van der Waals surface area contributed by atoms with E-state index >= 15 is 0 Å². The quantitative estimate of drug-likeness (QED) is 0.403. The van der Waals surface area contributed by atoms with E-state index < -0.39 is 27.9 Å². The lowest BCUT2D eigenvalue weighted by Crippen LogP contribution is -2.35. The second-order valence-electron chi connectivity index (χ2n) is 7.59. The fourth-order valence-electron chi connectivity index (χ4n) is 3.58. The third kappa shape index (κ3) is 5.48. The van der Waals surface area contributed by atoms with Crippen LogP contribution < -0.4 is 9.47 Å². The number of sulfonamides is 1. The van der Waals surface area contributed by atoms with Crippen molar-refractivity contribution >= 4 is 33.4 Å². The van der Waals surface area contributed by atoms with E-state index in [0.29, 0.717) is 18.8 Å². The van der Waals surface area contributed by atoms with Gasteiger partial charge in [0.15, 0.2) is 6.10 Å². The van der Waals surface area contributed by atoms with Crippen LogP contribution in [-0.4, -0.2) is 57.9 Å². The highest BCUT2D eigenvalue weighted by molar-refractivity contribution is 7.89. The minimum Gasteiger partial charge on any atom is -0.497 e. The van der Waals surface area contributed by atoms with Crippen molar-refractivity contribution in [3.63, 3.8) is 0 Å². The summed E-state index contributed by atoms with van der Waals surface area (Å²) in [7, 11) is -0.944. The Hall–Kier alpha value is -2.62. The number of hydrogen-bond acceptors (Lipinski definition) is 7. The van der Waals surface area contributed by atoms with Crippen molar-refractivity contribution in [2.75, 3.05) is 27.3 Å². The van der Waals surface area contributed by atoms with Crippen LogP contribution in [0.5, 0.6) is 11.5 Å². The highest BCUT2D eigenvalue weighted by atomic mass is 35.5. The van der Waals surface area contributed by atoms with Gasteiger partial charge >= 0.3 is 5.97 Å². The Kier molecular flexibility index (Phi) is 7.99. The molecular weight excluding hydrogens is 470 g/mol. The van der Waals surface area contributed by atoms with Crippen molar-refractivity contribution in [3.8, 4) is 11.5 Å². The van der Waals surface area contributed by atoms with Crippen molar-refractivity contribution in [2.24, 2.45) is 0 Å². The van der Waals surface area contributed by atoms with Gasteiger partial charge in [-0.1, -0.05) is 18.0 Å². The molecule has 1 aliphatic rings. The van der Waals surface area contributed by atoms with Gasteiger partial charge in [-0.2, -0.15) is 4.31 Å². The van der Waals surface area contributed by atoms with Gasteiger partial charge in [-0.15, -0.1) is 0 Å². The van der Waals surface area contributed by atoms with Crippen LogP contribution in [0.15, 0.2) is 41.3 Å². The third-order valence-corrected chi connectivity index (χ3v) is 7.81. The number of piperidine rings is 1. The Bertz CT molecular complexity index is 1140. The minimum atomic E-state index is -3.85. The van der Waals surface area contributed by atoms with E-state index in [0.717, 1.165) is 19.3 Å². The van der Waals surface area contributed by atoms with E-state index in [9.17, 15) is 18.0 Å². The topological polar surface area (TPSA) is 99.2 Å². The Morgan fingerprint density at radius 3 is 2.33 bits per heavy atom. The predicted octanol–water partition coefficient (Wildman–Crippen LogP) is 3.96. The molecule has 0 N–H and O–H groups in total. The smallest absolute Gasteiger partial charge is 0.338 e. The van der Waals surface area contributed by atoms with E-state index in [2.05, 4.69) is 0 Å². The summed E-state index contributed by atoms with van der Waals surface area (Å²) in [6.45, 7) is 2.25. The number of carbonyl (C=O) groups is 2. The van der Waals surface area contributed by atoms with Crippen molar-refractivity contribution in [2.45, 2.75) is 37.2 Å². The van der Waals surface area contributed by atoms with Crippen LogP contribution in [0.1, 0.15) is 46.9 Å². The van der Waals surface area contributed by atoms with Gasteiger partial charge in [-0.05, 0) is 50.1 Å². The van der Waals surface area contributed by atoms with Gasteiger partial charge in [0.2, 0.25) is 15.8 Å². The number of esters is 1. The maximum absolute atomic E-state index is 13.0. The van der Waals surface area contributed by atoms with Crippen LogP contribution in [0, 0.1) is 0 Å². The molecule has 0 amide bonds. The first-order chi connectivity index (χ1) is 15.7. The third-order valence-electron chi connectivity index (χ3n) is 5.43. The average molecular weight is 496 g/mol. The van der Waals surface area contributed by atoms with Crippen LogP contribution in [0.3, 0.4) is 0 Å². The number of nitrogens with zero attached hydrogens (tertiary/aromatic N) is 1. The van der Waals surface area contributed by atoms with Gasteiger partial charge in [-0.3, -0.25) is 4.79 Å². The average Bonchev–Trinajstić information content (AvgIpc) is 2.83. The van der Waals surface area contributed by atoms with Crippen molar-refractivity contribution in [3.05, 3.63) is 52.5 Å². The summed E-state index contributed by atoms with van der Waals surface area (Å²) < 4.78 is 43.1. The first-order valence-corrected chi connectivity index (χ1v) is 12.3. The molecule has 0 aromatic heterocycles. The second-order valence-corrected chi connectivity index (χ2v) is 9.90. The number of carbonyl (C=O) groups excluding carboxylic acids is 2. The van der Waals surface area contributed by atoms with Crippen LogP contribution in [0.25, 0.3) is 0 Å². The largest absolute Gasteiger partial charge is 0.497 e. The number of methoxy groups -OCH3 is 2. The summed E-state index contributed by atoms with van der Waals surface area (Å²) in [5.41, 5.74) is 0.208. The molecule has 0 bridgehead atoms. The fourth-order valence-corrected chi connectivity index (χ4v) is 5.59. The Morgan fingerprint density at radius 1 is 1.00 bits per heavy atom. The first-order valence-electron chi connectivity index (χ1n) is 10.5. The predicted molar refractivity (Wildman–Crippen MR) is 123 cm³/mol. The molecule has 0 unspecified atom stereocenters. The molecule has 0 saturated carbocycles. The number of ether oxygens (including phenoxy) is 3. The summed E-state index contributed by atoms with van der Waals surface area (Å²) in [6.07, 6.45) is 1.37. The van der Waals surface area contributed by atoms with Gasteiger partial charge in [0.05, 0.1) is 30.4 Å². The van der Waals surface area contributed by atoms with Gasteiger partial charge in [-0.25, -0.2) is 13.2 Å². The number of benzene rings is 2. The molecule has 3 rings (SSSR count). The van der Waals surface area contributed by atoms with E-state index in [4.69, 9.17) is 25.8 Å². The lowest BCUT2D eigenvalue weighted by atomic mass is 10.1.